The van der Waals surface area contributed by atoms with Crippen molar-refractivity contribution < 1.29 is 0 Å². The third-order valence-corrected chi connectivity index (χ3v) is 10.3. The molecule has 0 spiro atoms. The maximum Gasteiger partial charge on any atom is 0.160 e. The highest BCUT2D eigenvalue weighted by atomic mass is 14.9. The van der Waals surface area contributed by atoms with Crippen molar-refractivity contribution in [3.05, 3.63) is 200 Å². The molecular weight excluding hydrogens is 655 g/mol. The lowest BCUT2D eigenvalue weighted by molar-refractivity contribution is 1.18. The Hall–Kier alpha value is -7.23. The monoisotopic (exact) mass is 687 g/mol. The van der Waals surface area contributed by atoms with Crippen molar-refractivity contribution in [2.24, 2.45) is 0 Å². The molecule has 0 unspecified atom stereocenters. The maximum absolute atomic E-state index is 5.25. The minimum Gasteiger partial charge on any atom is -0.248 e. The van der Waals surface area contributed by atoms with E-state index in [0.717, 1.165) is 66.9 Å². The molecule has 0 saturated heterocycles. The molecule has 0 N–H and O–H groups in total. The molecule has 0 radical (unpaired) electrons. The van der Waals surface area contributed by atoms with Gasteiger partial charge in [0.25, 0.3) is 0 Å². The molecule has 3 nitrogen and oxygen atoms in total. The predicted octanol–water partition coefficient (Wildman–Crippen LogP) is 13.3. The lowest BCUT2D eigenvalue weighted by Crippen LogP contribution is -1.96. The fourth-order valence-electron chi connectivity index (χ4n) is 7.40. The Morgan fingerprint density at radius 3 is 1.35 bits per heavy atom. The Bertz CT molecular complexity index is 2910. The number of fused-ring (bicyclic) bond motifs is 3. The highest BCUT2D eigenvalue weighted by molar-refractivity contribution is 6.00. The van der Waals surface area contributed by atoms with E-state index in [4.69, 9.17) is 15.0 Å². The van der Waals surface area contributed by atoms with E-state index in [9.17, 15) is 0 Å². The molecule has 0 aliphatic heterocycles. The maximum atomic E-state index is 5.25. The van der Waals surface area contributed by atoms with Crippen molar-refractivity contribution in [2.75, 3.05) is 0 Å². The Balaban J connectivity index is 1.11. The highest BCUT2D eigenvalue weighted by Gasteiger charge is 2.15. The minimum atomic E-state index is 0.691. The third-order valence-electron chi connectivity index (χ3n) is 10.3. The predicted molar refractivity (Wildman–Crippen MR) is 225 cm³/mol. The van der Waals surface area contributed by atoms with Gasteiger partial charge in [-0.3, -0.25) is 0 Å². The van der Waals surface area contributed by atoms with E-state index in [0.29, 0.717) is 5.82 Å². The second-order valence-corrected chi connectivity index (χ2v) is 13.7. The SMILES string of the molecule is c1ccc(-c2cc(-c3ccccc3)nc(-c3ccc(-c4cc(-c5ccc6ccccc6c5)nc5ccc(-c6ccc7ccccc7c6)cc45)cc3)n2)cc1. The van der Waals surface area contributed by atoms with Crippen molar-refractivity contribution in [3.63, 3.8) is 0 Å². The quantitative estimate of drug-likeness (QED) is 0.175. The van der Waals surface area contributed by atoms with E-state index in [1.165, 1.54) is 27.1 Å². The molecule has 2 aromatic heterocycles. The normalized spacial score (nSPS) is 11.3. The van der Waals surface area contributed by atoms with Gasteiger partial charge < -0.3 is 0 Å². The van der Waals surface area contributed by atoms with Crippen molar-refractivity contribution in [2.45, 2.75) is 0 Å². The summed E-state index contributed by atoms with van der Waals surface area (Å²) in [7, 11) is 0. The molecule has 0 bridgehead atoms. The fraction of sp³-hybridized carbons (Fsp3) is 0. The summed E-state index contributed by atoms with van der Waals surface area (Å²) in [6.07, 6.45) is 0. The number of benzene rings is 8. The summed E-state index contributed by atoms with van der Waals surface area (Å²) in [5.74, 6) is 0.691. The first-order valence-corrected chi connectivity index (χ1v) is 18.3. The summed E-state index contributed by atoms with van der Waals surface area (Å²) in [6.45, 7) is 0. The molecule has 0 fully saturated rings. The van der Waals surface area contributed by atoms with Crippen molar-refractivity contribution in [1.82, 2.24) is 15.0 Å². The Labute approximate surface area is 313 Å². The van der Waals surface area contributed by atoms with Crippen LogP contribution >= 0.6 is 0 Å². The van der Waals surface area contributed by atoms with Gasteiger partial charge in [0, 0.05) is 27.6 Å². The molecule has 0 aliphatic carbocycles. The zero-order chi connectivity index (χ0) is 35.8. The van der Waals surface area contributed by atoms with Gasteiger partial charge in [0.2, 0.25) is 0 Å². The van der Waals surface area contributed by atoms with E-state index >= 15 is 0 Å². The lowest BCUT2D eigenvalue weighted by Gasteiger charge is -2.14. The number of pyridine rings is 1. The van der Waals surface area contributed by atoms with Crippen molar-refractivity contribution >= 4 is 32.4 Å². The van der Waals surface area contributed by atoms with E-state index in [2.05, 4.69) is 164 Å². The molecule has 10 aromatic rings. The molecule has 0 atom stereocenters. The Morgan fingerprint density at radius 2 is 0.722 bits per heavy atom. The zero-order valence-electron chi connectivity index (χ0n) is 29.4. The molecule has 10 rings (SSSR count). The standard InChI is InChI=1S/C51H33N3/c1-3-13-37(14-4-1)49-33-50(38-15-5-2-6-16-38)54-51(53-49)39-23-21-36(22-24-39)45-32-48(44-26-20-35-12-8-10-18-41(35)30-44)52-47-28-27-43(31-46(45)47)42-25-19-34-11-7-9-17-40(34)29-42/h1-33H. The molecule has 0 amide bonds. The Kier molecular flexibility index (Phi) is 7.81. The van der Waals surface area contributed by atoms with Crippen LogP contribution in [0.3, 0.4) is 0 Å². The van der Waals surface area contributed by atoms with Crippen LogP contribution in [0.15, 0.2) is 200 Å². The van der Waals surface area contributed by atoms with Crippen LogP contribution in [-0.4, -0.2) is 15.0 Å². The molecule has 54 heavy (non-hydrogen) atoms. The molecule has 0 aliphatic rings. The van der Waals surface area contributed by atoms with Crippen molar-refractivity contribution in [1.29, 1.82) is 0 Å². The van der Waals surface area contributed by atoms with Gasteiger partial charge in [0.15, 0.2) is 5.82 Å². The third kappa shape index (κ3) is 5.98. The van der Waals surface area contributed by atoms with Crippen LogP contribution in [0, 0.1) is 0 Å². The van der Waals surface area contributed by atoms with Gasteiger partial charge in [-0.1, -0.05) is 164 Å². The van der Waals surface area contributed by atoms with E-state index in [-0.39, 0.29) is 0 Å². The van der Waals surface area contributed by atoms with Gasteiger partial charge in [-0.2, -0.15) is 0 Å². The zero-order valence-corrected chi connectivity index (χ0v) is 29.4. The second kappa shape index (κ2) is 13.4. The summed E-state index contributed by atoms with van der Waals surface area (Å²) in [5, 5.41) is 5.98. The van der Waals surface area contributed by atoms with Gasteiger partial charge in [-0.05, 0) is 80.2 Å². The largest absolute Gasteiger partial charge is 0.248 e. The van der Waals surface area contributed by atoms with Crippen LogP contribution in [0.5, 0.6) is 0 Å². The first-order chi connectivity index (χ1) is 26.7. The summed E-state index contributed by atoms with van der Waals surface area (Å²) in [6, 6.07) is 70.5. The number of rotatable bonds is 6. The van der Waals surface area contributed by atoms with Crippen LogP contribution in [-0.2, 0) is 0 Å². The lowest BCUT2D eigenvalue weighted by atomic mass is 9.94. The minimum absolute atomic E-state index is 0.691. The Morgan fingerprint density at radius 1 is 0.259 bits per heavy atom. The summed E-state index contributed by atoms with van der Waals surface area (Å²) < 4.78 is 0. The molecular formula is C51H33N3. The van der Waals surface area contributed by atoms with Crippen LogP contribution in [0.2, 0.25) is 0 Å². The number of hydrogen-bond donors (Lipinski definition) is 0. The van der Waals surface area contributed by atoms with E-state index in [1.807, 2.05) is 36.4 Å². The first kappa shape index (κ1) is 31.5. The summed E-state index contributed by atoms with van der Waals surface area (Å²) in [4.78, 5) is 15.4. The molecule has 0 saturated carbocycles. The van der Waals surface area contributed by atoms with Gasteiger partial charge in [0.05, 0.1) is 22.6 Å². The van der Waals surface area contributed by atoms with Crippen LogP contribution in [0.4, 0.5) is 0 Å². The smallest absolute Gasteiger partial charge is 0.160 e. The summed E-state index contributed by atoms with van der Waals surface area (Å²) in [5.41, 5.74) is 12.4. The van der Waals surface area contributed by atoms with Crippen LogP contribution in [0.1, 0.15) is 0 Å². The number of nitrogens with zero attached hydrogens (tertiary/aromatic N) is 3. The topological polar surface area (TPSA) is 38.7 Å². The molecule has 3 heteroatoms. The number of aromatic nitrogens is 3. The van der Waals surface area contributed by atoms with E-state index < -0.39 is 0 Å². The number of hydrogen-bond acceptors (Lipinski definition) is 3. The fourth-order valence-corrected chi connectivity index (χ4v) is 7.40. The highest BCUT2D eigenvalue weighted by Crippen LogP contribution is 2.37. The van der Waals surface area contributed by atoms with Crippen LogP contribution < -0.4 is 0 Å². The molecule has 8 aromatic carbocycles. The molecule has 2 heterocycles. The molecule has 252 valence electrons. The van der Waals surface area contributed by atoms with Gasteiger partial charge >= 0.3 is 0 Å². The van der Waals surface area contributed by atoms with Gasteiger partial charge in [0.1, 0.15) is 0 Å². The average Bonchev–Trinajstić information content (AvgIpc) is 3.26. The summed E-state index contributed by atoms with van der Waals surface area (Å²) >= 11 is 0. The van der Waals surface area contributed by atoms with E-state index in [1.54, 1.807) is 0 Å². The average molecular weight is 688 g/mol. The van der Waals surface area contributed by atoms with Crippen LogP contribution in [0.25, 0.3) is 99.9 Å². The second-order valence-electron chi connectivity index (χ2n) is 13.7. The first-order valence-electron chi connectivity index (χ1n) is 18.3. The van der Waals surface area contributed by atoms with Crippen molar-refractivity contribution in [3.8, 4) is 67.4 Å². The van der Waals surface area contributed by atoms with Gasteiger partial charge in [-0.15, -0.1) is 0 Å². The van der Waals surface area contributed by atoms with Gasteiger partial charge in [-0.25, -0.2) is 15.0 Å².